The second-order valence-electron chi connectivity index (χ2n) is 7.98. The van der Waals surface area contributed by atoms with Crippen LogP contribution in [0.1, 0.15) is 0 Å². The van der Waals surface area contributed by atoms with Crippen molar-refractivity contribution in [1.82, 2.24) is 19.3 Å². The number of hydrogen-bond acceptors (Lipinski definition) is 2. The second-order valence-corrected chi connectivity index (χ2v) is 7.98. The van der Waals surface area contributed by atoms with Gasteiger partial charge in [-0.3, -0.25) is 4.57 Å². The molecule has 0 aliphatic heterocycles. The molecule has 0 N–H and O–H groups in total. The van der Waals surface area contributed by atoms with Gasteiger partial charge in [-0.25, -0.2) is 0 Å². The van der Waals surface area contributed by atoms with Gasteiger partial charge < -0.3 is 4.57 Å². The summed E-state index contributed by atoms with van der Waals surface area (Å²) in [4.78, 5) is 0. The quantitative estimate of drug-likeness (QED) is 0.319. The molecular weight excluding hydrogens is 392 g/mol. The predicted octanol–water partition coefficient (Wildman–Crippen LogP) is 6.67. The Kier molecular flexibility index (Phi) is 3.52. The summed E-state index contributed by atoms with van der Waals surface area (Å²) in [7, 11) is 0. The van der Waals surface area contributed by atoms with Crippen molar-refractivity contribution < 1.29 is 0 Å². The molecule has 150 valence electrons. The van der Waals surface area contributed by atoms with E-state index < -0.39 is 0 Å². The fourth-order valence-corrected chi connectivity index (χ4v) is 5.00. The molecular formula is C28H18N4. The third-order valence-electron chi connectivity index (χ3n) is 6.27. The van der Waals surface area contributed by atoms with Crippen LogP contribution in [-0.2, 0) is 0 Å². The predicted molar refractivity (Wildman–Crippen MR) is 131 cm³/mol. The molecule has 4 nitrogen and oxygen atoms in total. The summed E-state index contributed by atoms with van der Waals surface area (Å²) < 4.78 is 4.62. The highest BCUT2D eigenvalue weighted by molar-refractivity contribution is 6.23. The van der Waals surface area contributed by atoms with Crippen molar-refractivity contribution in [2.45, 2.75) is 0 Å². The van der Waals surface area contributed by atoms with Crippen LogP contribution in [0.25, 0.3) is 55.1 Å². The van der Waals surface area contributed by atoms with Crippen molar-refractivity contribution in [1.29, 1.82) is 0 Å². The van der Waals surface area contributed by atoms with Crippen LogP contribution < -0.4 is 0 Å². The molecule has 0 unspecified atom stereocenters. The third-order valence-corrected chi connectivity index (χ3v) is 6.27. The molecule has 7 aromatic rings. The molecule has 3 heterocycles. The zero-order valence-electron chi connectivity index (χ0n) is 17.2. The van der Waals surface area contributed by atoms with E-state index in [0.717, 1.165) is 22.5 Å². The van der Waals surface area contributed by atoms with Gasteiger partial charge in [-0.2, -0.15) is 5.10 Å². The van der Waals surface area contributed by atoms with E-state index in [1.165, 1.54) is 32.6 Å². The first kappa shape index (κ1) is 17.3. The molecule has 0 bridgehead atoms. The molecule has 3 aromatic heterocycles. The highest BCUT2D eigenvalue weighted by atomic mass is 15.2. The maximum Gasteiger partial charge on any atom is 0.160 e. The zero-order chi connectivity index (χ0) is 21.1. The van der Waals surface area contributed by atoms with E-state index in [1.807, 2.05) is 12.1 Å². The highest BCUT2D eigenvalue weighted by Gasteiger charge is 2.21. The number of hydrogen-bond donors (Lipinski definition) is 0. The number of rotatable bonds is 2. The maximum absolute atomic E-state index is 4.49. The van der Waals surface area contributed by atoms with Crippen molar-refractivity contribution in [3.63, 3.8) is 0 Å². The van der Waals surface area contributed by atoms with Gasteiger partial charge in [0, 0.05) is 33.4 Å². The van der Waals surface area contributed by atoms with Crippen molar-refractivity contribution in [3.8, 4) is 11.5 Å². The Morgan fingerprint density at radius 2 is 1.06 bits per heavy atom. The SMILES string of the molecule is c1ccc(-n2c3ccccc3c3ccc4c5ccccc5n(-c5cccnn5)c4c32)cc1. The van der Waals surface area contributed by atoms with Crippen LogP contribution in [-0.4, -0.2) is 19.3 Å². The second kappa shape index (κ2) is 6.53. The first-order valence-electron chi connectivity index (χ1n) is 10.7. The van der Waals surface area contributed by atoms with E-state index in [1.54, 1.807) is 6.20 Å². The normalized spacial score (nSPS) is 11.8. The van der Waals surface area contributed by atoms with Crippen LogP contribution in [0.2, 0.25) is 0 Å². The Bertz CT molecular complexity index is 1630. The summed E-state index contributed by atoms with van der Waals surface area (Å²) in [5, 5.41) is 13.6. The maximum atomic E-state index is 4.49. The lowest BCUT2D eigenvalue weighted by molar-refractivity contribution is 0.953. The minimum atomic E-state index is 0.816. The van der Waals surface area contributed by atoms with Gasteiger partial charge in [0.2, 0.25) is 0 Å². The van der Waals surface area contributed by atoms with Crippen molar-refractivity contribution in [2.75, 3.05) is 0 Å². The molecule has 0 amide bonds. The van der Waals surface area contributed by atoms with Gasteiger partial charge in [0.25, 0.3) is 0 Å². The van der Waals surface area contributed by atoms with Gasteiger partial charge in [0.1, 0.15) is 0 Å². The number of fused-ring (bicyclic) bond motifs is 7. The van der Waals surface area contributed by atoms with Gasteiger partial charge in [0.05, 0.1) is 22.1 Å². The van der Waals surface area contributed by atoms with E-state index >= 15 is 0 Å². The van der Waals surface area contributed by atoms with Gasteiger partial charge in [-0.05, 0) is 36.4 Å². The standard InChI is InChI=1S/C28H18N4/c1-2-9-19(10-3-1)31-24-13-6-4-11-20(24)22-16-17-23-21-12-5-7-14-25(21)32(28(23)27(22)31)26-15-8-18-29-30-26/h1-18H. The smallest absolute Gasteiger partial charge is 0.160 e. The Labute approximate surface area is 184 Å². The summed E-state index contributed by atoms with van der Waals surface area (Å²) in [6.07, 6.45) is 1.72. The first-order chi connectivity index (χ1) is 15.9. The average Bonchev–Trinajstić information content (AvgIpc) is 3.38. The van der Waals surface area contributed by atoms with E-state index in [4.69, 9.17) is 0 Å². The minimum absolute atomic E-state index is 0.816. The lowest BCUT2D eigenvalue weighted by Gasteiger charge is -2.11. The summed E-state index contributed by atoms with van der Waals surface area (Å²) in [5.41, 5.74) is 5.78. The Hall–Kier alpha value is -4.44. The van der Waals surface area contributed by atoms with E-state index in [2.05, 4.69) is 110 Å². The molecule has 32 heavy (non-hydrogen) atoms. The molecule has 0 aliphatic rings. The van der Waals surface area contributed by atoms with Crippen molar-refractivity contribution in [3.05, 3.63) is 109 Å². The van der Waals surface area contributed by atoms with Crippen LogP contribution in [0.5, 0.6) is 0 Å². The molecule has 0 radical (unpaired) electrons. The fourth-order valence-electron chi connectivity index (χ4n) is 5.00. The largest absolute Gasteiger partial charge is 0.307 e. The number of nitrogens with zero attached hydrogens (tertiary/aromatic N) is 4. The zero-order valence-corrected chi connectivity index (χ0v) is 17.2. The molecule has 4 heteroatoms. The molecule has 0 atom stereocenters. The fraction of sp³-hybridized carbons (Fsp3) is 0. The van der Waals surface area contributed by atoms with Crippen LogP contribution in [0.3, 0.4) is 0 Å². The summed E-state index contributed by atoms with van der Waals surface area (Å²) in [5.74, 6) is 0.816. The molecule has 0 spiro atoms. The molecule has 0 saturated carbocycles. The third kappa shape index (κ3) is 2.26. The molecule has 0 aliphatic carbocycles. The summed E-state index contributed by atoms with van der Waals surface area (Å²) >= 11 is 0. The minimum Gasteiger partial charge on any atom is -0.307 e. The number of para-hydroxylation sites is 3. The highest BCUT2D eigenvalue weighted by Crippen LogP contribution is 2.41. The van der Waals surface area contributed by atoms with Crippen molar-refractivity contribution in [2.24, 2.45) is 0 Å². The Morgan fingerprint density at radius 1 is 0.469 bits per heavy atom. The van der Waals surface area contributed by atoms with Crippen LogP contribution >= 0.6 is 0 Å². The summed E-state index contributed by atoms with van der Waals surface area (Å²) in [6, 6.07) is 36.2. The van der Waals surface area contributed by atoms with Gasteiger partial charge in [0.15, 0.2) is 5.82 Å². The van der Waals surface area contributed by atoms with Gasteiger partial charge in [-0.15, -0.1) is 5.10 Å². The van der Waals surface area contributed by atoms with E-state index in [0.29, 0.717) is 0 Å². The average molecular weight is 410 g/mol. The molecule has 7 rings (SSSR count). The Balaban J connectivity index is 1.81. The number of benzene rings is 4. The lowest BCUT2D eigenvalue weighted by atomic mass is 10.1. The number of aromatic nitrogens is 4. The van der Waals surface area contributed by atoms with Gasteiger partial charge >= 0.3 is 0 Å². The van der Waals surface area contributed by atoms with E-state index in [-0.39, 0.29) is 0 Å². The molecule has 4 aromatic carbocycles. The van der Waals surface area contributed by atoms with Crippen molar-refractivity contribution >= 4 is 43.6 Å². The van der Waals surface area contributed by atoms with Crippen LogP contribution in [0.4, 0.5) is 0 Å². The lowest BCUT2D eigenvalue weighted by Crippen LogP contribution is -2.00. The molecule has 0 fully saturated rings. The van der Waals surface area contributed by atoms with Gasteiger partial charge in [-0.1, -0.05) is 66.7 Å². The molecule has 0 saturated heterocycles. The topological polar surface area (TPSA) is 35.6 Å². The Morgan fingerprint density at radius 3 is 1.72 bits per heavy atom. The monoisotopic (exact) mass is 410 g/mol. The van der Waals surface area contributed by atoms with Crippen LogP contribution in [0.15, 0.2) is 109 Å². The van der Waals surface area contributed by atoms with Crippen LogP contribution in [0, 0.1) is 0 Å². The van der Waals surface area contributed by atoms with E-state index in [9.17, 15) is 0 Å². The summed E-state index contributed by atoms with van der Waals surface area (Å²) in [6.45, 7) is 0. The first-order valence-corrected chi connectivity index (χ1v) is 10.7.